The van der Waals surface area contributed by atoms with Crippen LogP contribution < -0.4 is 0 Å². The van der Waals surface area contributed by atoms with Crippen LogP contribution in [0.4, 0.5) is 0 Å². The molecule has 2 aromatic heterocycles. The third kappa shape index (κ3) is 3.31. The zero-order valence-electron chi connectivity index (χ0n) is 15.5. The number of hydrogen-bond acceptors (Lipinski definition) is 5. The number of esters is 1. The number of ketones is 1. The molecule has 144 valence electrons. The van der Waals surface area contributed by atoms with E-state index in [1.807, 2.05) is 18.2 Å². The molecule has 28 heavy (non-hydrogen) atoms. The van der Waals surface area contributed by atoms with Gasteiger partial charge >= 0.3 is 5.97 Å². The number of para-hydroxylation sites is 1. The van der Waals surface area contributed by atoms with Crippen LogP contribution >= 0.6 is 0 Å². The lowest BCUT2D eigenvalue weighted by Crippen LogP contribution is -2.27. The van der Waals surface area contributed by atoms with Crippen molar-refractivity contribution < 1.29 is 23.5 Å². The molecule has 7 nitrogen and oxygen atoms in total. The number of Topliss-reactive ketones (excluding diaryl/α,β-unsaturated/α-hetero) is 1. The van der Waals surface area contributed by atoms with E-state index in [4.69, 9.17) is 9.15 Å². The maximum absolute atomic E-state index is 12.3. The summed E-state index contributed by atoms with van der Waals surface area (Å²) in [6.07, 6.45) is 3.46. The number of rotatable bonds is 5. The molecule has 0 radical (unpaired) electrons. The molecule has 1 fully saturated rings. The van der Waals surface area contributed by atoms with E-state index in [9.17, 15) is 14.4 Å². The Labute approximate surface area is 161 Å². The Morgan fingerprint density at radius 2 is 1.93 bits per heavy atom. The van der Waals surface area contributed by atoms with Crippen molar-refractivity contribution in [3.8, 4) is 0 Å². The fraction of sp³-hybridized carbons (Fsp3) is 0.286. The van der Waals surface area contributed by atoms with Crippen molar-refractivity contribution in [2.45, 2.75) is 19.8 Å². The van der Waals surface area contributed by atoms with E-state index in [2.05, 4.69) is 4.98 Å². The van der Waals surface area contributed by atoms with Crippen LogP contribution in [0.3, 0.4) is 0 Å². The predicted octanol–water partition coefficient (Wildman–Crippen LogP) is 3.35. The highest BCUT2D eigenvalue weighted by Gasteiger charge is 2.23. The highest BCUT2D eigenvalue weighted by atomic mass is 16.5. The summed E-state index contributed by atoms with van der Waals surface area (Å²) in [5.74, 6) is -1.11. The van der Waals surface area contributed by atoms with Gasteiger partial charge < -0.3 is 19.0 Å². The van der Waals surface area contributed by atoms with Crippen LogP contribution in [-0.4, -0.2) is 47.2 Å². The number of carbonyl (C=O) groups is 3. The van der Waals surface area contributed by atoms with Crippen LogP contribution in [0.25, 0.3) is 11.0 Å². The molecular weight excluding hydrogens is 360 g/mol. The number of H-pyrrole nitrogens is 1. The second-order valence-electron chi connectivity index (χ2n) is 6.85. The van der Waals surface area contributed by atoms with Gasteiger partial charge in [-0.3, -0.25) is 9.59 Å². The SMILES string of the molecule is Cc1c(C(=O)OCC(=O)c2c[nH]c(C(=O)N3CCCC3)c2)oc2ccccc12. The summed E-state index contributed by atoms with van der Waals surface area (Å²) >= 11 is 0. The van der Waals surface area contributed by atoms with Gasteiger partial charge in [0.25, 0.3) is 5.91 Å². The summed E-state index contributed by atoms with van der Waals surface area (Å²) in [5, 5.41) is 0.830. The summed E-state index contributed by atoms with van der Waals surface area (Å²) in [7, 11) is 0. The number of amides is 1. The fourth-order valence-corrected chi connectivity index (χ4v) is 3.42. The first kappa shape index (κ1) is 18.0. The monoisotopic (exact) mass is 380 g/mol. The number of fused-ring (bicyclic) bond motifs is 1. The van der Waals surface area contributed by atoms with Crippen LogP contribution in [0, 0.1) is 6.92 Å². The number of carbonyl (C=O) groups excluding carboxylic acids is 3. The zero-order valence-corrected chi connectivity index (χ0v) is 15.5. The van der Waals surface area contributed by atoms with Gasteiger partial charge in [-0.1, -0.05) is 18.2 Å². The minimum Gasteiger partial charge on any atom is -0.451 e. The lowest BCUT2D eigenvalue weighted by molar-refractivity contribution is 0.0445. The van der Waals surface area contributed by atoms with Gasteiger partial charge in [-0.05, 0) is 31.9 Å². The molecule has 4 rings (SSSR count). The molecule has 7 heteroatoms. The number of ether oxygens (including phenoxy) is 1. The number of hydrogen-bond donors (Lipinski definition) is 1. The minimum atomic E-state index is -0.689. The molecule has 1 N–H and O–H groups in total. The molecule has 0 unspecified atom stereocenters. The first-order valence-corrected chi connectivity index (χ1v) is 9.21. The van der Waals surface area contributed by atoms with E-state index in [0.29, 0.717) is 22.4 Å². The van der Waals surface area contributed by atoms with E-state index in [1.165, 1.54) is 12.3 Å². The normalized spacial score (nSPS) is 13.8. The minimum absolute atomic E-state index is 0.0907. The smallest absolute Gasteiger partial charge is 0.375 e. The zero-order chi connectivity index (χ0) is 19.7. The highest BCUT2D eigenvalue weighted by Crippen LogP contribution is 2.25. The third-order valence-corrected chi connectivity index (χ3v) is 4.99. The van der Waals surface area contributed by atoms with Crippen molar-refractivity contribution in [2.24, 2.45) is 0 Å². The highest BCUT2D eigenvalue weighted by molar-refractivity contribution is 6.02. The van der Waals surface area contributed by atoms with Crippen molar-refractivity contribution in [3.63, 3.8) is 0 Å². The first-order chi connectivity index (χ1) is 13.5. The number of benzene rings is 1. The van der Waals surface area contributed by atoms with Crippen LogP contribution in [0.15, 0.2) is 40.9 Å². The second kappa shape index (κ2) is 7.34. The lowest BCUT2D eigenvalue weighted by atomic mass is 10.1. The molecule has 1 saturated heterocycles. The largest absolute Gasteiger partial charge is 0.451 e. The van der Waals surface area contributed by atoms with Crippen LogP contribution in [0.2, 0.25) is 0 Å². The Bertz CT molecular complexity index is 1060. The maximum Gasteiger partial charge on any atom is 0.375 e. The quantitative estimate of drug-likeness (QED) is 0.541. The van der Waals surface area contributed by atoms with Gasteiger partial charge in [-0.2, -0.15) is 0 Å². The molecule has 0 aliphatic carbocycles. The molecule has 0 bridgehead atoms. The van der Waals surface area contributed by atoms with Gasteiger partial charge in [-0.25, -0.2) is 4.79 Å². The Hall–Kier alpha value is -3.35. The van der Waals surface area contributed by atoms with Gasteiger partial charge in [-0.15, -0.1) is 0 Å². The molecule has 0 saturated carbocycles. The fourth-order valence-electron chi connectivity index (χ4n) is 3.42. The van der Waals surface area contributed by atoms with Crippen molar-refractivity contribution in [1.82, 2.24) is 9.88 Å². The van der Waals surface area contributed by atoms with Gasteiger partial charge in [0, 0.05) is 35.8 Å². The Morgan fingerprint density at radius 1 is 1.18 bits per heavy atom. The summed E-state index contributed by atoms with van der Waals surface area (Å²) in [4.78, 5) is 41.6. The number of aromatic nitrogens is 1. The molecule has 1 aliphatic rings. The van der Waals surface area contributed by atoms with Gasteiger partial charge in [0.2, 0.25) is 11.5 Å². The van der Waals surface area contributed by atoms with Crippen molar-refractivity contribution in [2.75, 3.05) is 19.7 Å². The van der Waals surface area contributed by atoms with Gasteiger partial charge in [0.05, 0.1) is 0 Å². The molecule has 0 spiro atoms. The number of nitrogens with zero attached hydrogens (tertiary/aromatic N) is 1. The molecule has 0 atom stereocenters. The van der Waals surface area contributed by atoms with Gasteiger partial charge in [0.15, 0.2) is 6.61 Å². The second-order valence-corrected chi connectivity index (χ2v) is 6.85. The third-order valence-electron chi connectivity index (χ3n) is 4.99. The molecule has 3 aromatic rings. The van der Waals surface area contributed by atoms with Crippen molar-refractivity contribution >= 4 is 28.6 Å². The van der Waals surface area contributed by atoms with E-state index in [0.717, 1.165) is 31.3 Å². The number of aryl methyl sites for hydroxylation is 1. The van der Waals surface area contributed by atoms with E-state index in [1.54, 1.807) is 17.9 Å². The van der Waals surface area contributed by atoms with E-state index in [-0.39, 0.29) is 17.5 Å². The molecule has 3 heterocycles. The number of furan rings is 1. The summed E-state index contributed by atoms with van der Waals surface area (Å²) in [5.41, 5.74) is 1.93. The predicted molar refractivity (Wildman–Crippen MR) is 101 cm³/mol. The molecule has 1 aliphatic heterocycles. The molecule has 1 amide bonds. The number of likely N-dealkylation sites (tertiary alicyclic amines) is 1. The first-order valence-electron chi connectivity index (χ1n) is 9.21. The maximum atomic E-state index is 12.3. The van der Waals surface area contributed by atoms with E-state index < -0.39 is 12.6 Å². The average molecular weight is 380 g/mol. The molecular formula is C21H20N2O5. The van der Waals surface area contributed by atoms with Crippen molar-refractivity contribution in [3.05, 3.63) is 59.1 Å². The Kier molecular flexibility index (Phi) is 4.73. The summed E-state index contributed by atoms with van der Waals surface area (Å²) < 4.78 is 10.7. The Balaban J connectivity index is 1.40. The Morgan fingerprint density at radius 3 is 2.68 bits per heavy atom. The summed E-state index contributed by atoms with van der Waals surface area (Å²) in [6, 6.07) is 8.80. The number of aromatic amines is 1. The topological polar surface area (TPSA) is 92.6 Å². The number of nitrogens with one attached hydrogen (secondary N) is 1. The van der Waals surface area contributed by atoms with Crippen molar-refractivity contribution in [1.29, 1.82) is 0 Å². The molecule has 1 aromatic carbocycles. The standard InChI is InChI=1S/C21H20N2O5/c1-13-15-6-2-3-7-18(15)28-19(13)21(26)27-12-17(24)14-10-16(22-11-14)20(25)23-8-4-5-9-23/h2-3,6-7,10-11,22H,4-5,8-9,12H2,1H3. The summed E-state index contributed by atoms with van der Waals surface area (Å²) in [6.45, 7) is 2.81. The van der Waals surface area contributed by atoms with Gasteiger partial charge in [0.1, 0.15) is 11.3 Å². The lowest BCUT2D eigenvalue weighted by Gasteiger charge is -2.13. The average Bonchev–Trinajstić information content (AvgIpc) is 3.46. The van der Waals surface area contributed by atoms with Crippen LogP contribution in [0.1, 0.15) is 49.8 Å². The van der Waals surface area contributed by atoms with Crippen LogP contribution in [-0.2, 0) is 4.74 Å². The van der Waals surface area contributed by atoms with Crippen LogP contribution in [0.5, 0.6) is 0 Å². The van der Waals surface area contributed by atoms with E-state index >= 15 is 0 Å².